The fourth-order valence-corrected chi connectivity index (χ4v) is 1.26. The Morgan fingerprint density at radius 1 is 1.33 bits per heavy atom. The maximum absolute atomic E-state index is 11.3. The van der Waals surface area contributed by atoms with Crippen molar-refractivity contribution in [3.8, 4) is 0 Å². The molecule has 0 aliphatic carbocycles. The molecule has 1 atom stereocenters. The molecule has 1 rings (SSSR count). The van der Waals surface area contributed by atoms with E-state index in [1.54, 1.807) is 12.4 Å². The van der Waals surface area contributed by atoms with E-state index in [4.69, 9.17) is 10.2 Å². The van der Waals surface area contributed by atoms with Gasteiger partial charge in [-0.05, 0) is 24.1 Å². The van der Waals surface area contributed by atoms with E-state index in [1.807, 2.05) is 12.1 Å². The van der Waals surface area contributed by atoms with Crippen molar-refractivity contribution in [2.24, 2.45) is 0 Å². The highest BCUT2D eigenvalue weighted by atomic mass is 16.4. The van der Waals surface area contributed by atoms with Crippen LogP contribution in [0.1, 0.15) is 5.56 Å². The lowest BCUT2D eigenvalue weighted by atomic mass is 10.2. The van der Waals surface area contributed by atoms with Crippen LogP contribution < -0.4 is 10.6 Å². The molecule has 7 heteroatoms. The molecule has 0 aromatic carbocycles. The highest BCUT2D eigenvalue weighted by molar-refractivity contribution is 5.82. The van der Waals surface area contributed by atoms with Gasteiger partial charge in [-0.2, -0.15) is 0 Å². The highest BCUT2D eigenvalue weighted by Crippen LogP contribution is 1.95. The molecular weight excluding hydrogens is 238 g/mol. The fourth-order valence-electron chi connectivity index (χ4n) is 1.26. The average molecular weight is 253 g/mol. The number of amides is 2. The number of nitrogens with zero attached hydrogens (tertiary/aromatic N) is 1. The first-order chi connectivity index (χ1) is 8.63. The molecule has 0 saturated heterocycles. The van der Waals surface area contributed by atoms with Gasteiger partial charge in [0.15, 0.2) is 6.04 Å². The van der Waals surface area contributed by atoms with Crippen LogP contribution in [0.5, 0.6) is 0 Å². The number of nitrogens with one attached hydrogen (secondary N) is 2. The first kappa shape index (κ1) is 13.9. The van der Waals surface area contributed by atoms with Crippen molar-refractivity contribution in [2.75, 3.05) is 13.2 Å². The Kier molecular flexibility index (Phi) is 5.59. The van der Waals surface area contributed by atoms with E-state index in [9.17, 15) is 9.59 Å². The second-order valence-electron chi connectivity index (χ2n) is 3.58. The quantitative estimate of drug-likeness (QED) is 0.539. The van der Waals surface area contributed by atoms with Gasteiger partial charge in [-0.3, -0.25) is 4.98 Å². The van der Waals surface area contributed by atoms with E-state index in [2.05, 4.69) is 15.6 Å². The predicted molar refractivity (Wildman–Crippen MR) is 63.0 cm³/mol. The number of hydrogen-bond donors (Lipinski definition) is 4. The molecule has 0 spiro atoms. The number of urea groups is 1. The zero-order valence-electron chi connectivity index (χ0n) is 9.67. The maximum atomic E-state index is 11.3. The number of carbonyl (C=O) groups is 2. The van der Waals surface area contributed by atoms with Crippen molar-refractivity contribution < 1.29 is 19.8 Å². The number of aliphatic hydroxyl groups is 1. The molecule has 18 heavy (non-hydrogen) atoms. The topological polar surface area (TPSA) is 112 Å². The van der Waals surface area contributed by atoms with Gasteiger partial charge < -0.3 is 20.8 Å². The van der Waals surface area contributed by atoms with Gasteiger partial charge in [-0.1, -0.05) is 0 Å². The normalized spacial score (nSPS) is 11.6. The van der Waals surface area contributed by atoms with Crippen molar-refractivity contribution in [2.45, 2.75) is 12.5 Å². The molecule has 0 aliphatic rings. The summed E-state index contributed by atoms with van der Waals surface area (Å²) in [4.78, 5) is 25.7. The Morgan fingerprint density at radius 3 is 2.56 bits per heavy atom. The van der Waals surface area contributed by atoms with Gasteiger partial charge in [-0.25, -0.2) is 9.59 Å². The first-order valence-electron chi connectivity index (χ1n) is 5.40. The second kappa shape index (κ2) is 7.23. The lowest BCUT2D eigenvalue weighted by Gasteiger charge is -2.12. The highest BCUT2D eigenvalue weighted by Gasteiger charge is 2.17. The molecule has 0 bridgehead atoms. The largest absolute Gasteiger partial charge is 0.480 e. The van der Waals surface area contributed by atoms with Gasteiger partial charge in [-0.15, -0.1) is 0 Å². The summed E-state index contributed by atoms with van der Waals surface area (Å²) in [6.07, 6.45) is 3.93. The van der Waals surface area contributed by atoms with Crippen LogP contribution in [0.4, 0.5) is 4.79 Å². The fraction of sp³-hybridized carbons (Fsp3) is 0.364. The molecule has 1 heterocycles. The number of rotatable bonds is 6. The lowest BCUT2D eigenvalue weighted by Crippen LogP contribution is -2.48. The standard InChI is InChI=1S/C11H15N3O4/c15-7-9(10(16)17)14-11(18)13-6-3-8-1-4-12-5-2-8/h1-2,4-5,9,15H,3,6-7H2,(H,16,17)(H2,13,14,18). The van der Waals surface area contributed by atoms with Crippen molar-refractivity contribution >= 4 is 12.0 Å². The summed E-state index contributed by atoms with van der Waals surface area (Å²) < 4.78 is 0. The lowest BCUT2D eigenvalue weighted by molar-refractivity contribution is -0.140. The third-order valence-corrected chi connectivity index (χ3v) is 2.23. The van der Waals surface area contributed by atoms with Gasteiger partial charge in [0.25, 0.3) is 0 Å². The molecule has 0 aliphatic heterocycles. The van der Waals surface area contributed by atoms with Gasteiger partial charge in [0.1, 0.15) is 0 Å². The minimum absolute atomic E-state index is 0.369. The summed E-state index contributed by atoms with van der Waals surface area (Å²) in [5.41, 5.74) is 1.02. The number of carbonyl (C=O) groups excluding carboxylic acids is 1. The number of aliphatic carboxylic acids is 1. The summed E-state index contributed by atoms with van der Waals surface area (Å²) in [6.45, 7) is -0.277. The first-order valence-corrected chi connectivity index (χ1v) is 5.40. The SMILES string of the molecule is O=C(NCCc1ccncc1)NC(CO)C(=O)O. The van der Waals surface area contributed by atoms with Crippen LogP contribution in [0.3, 0.4) is 0 Å². The Bertz CT molecular complexity index is 397. The molecule has 2 amide bonds. The van der Waals surface area contributed by atoms with Crippen molar-refractivity contribution in [3.63, 3.8) is 0 Å². The summed E-state index contributed by atoms with van der Waals surface area (Å²) in [5, 5.41) is 22.0. The third-order valence-electron chi connectivity index (χ3n) is 2.23. The minimum atomic E-state index is -1.29. The monoisotopic (exact) mass is 253 g/mol. The summed E-state index contributed by atoms with van der Waals surface area (Å²) in [5.74, 6) is -1.28. The van der Waals surface area contributed by atoms with Crippen LogP contribution in [0.2, 0.25) is 0 Å². The predicted octanol–water partition coefficient (Wildman–Crippen LogP) is -0.631. The molecular formula is C11H15N3O4. The number of carboxylic acids is 1. The van der Waals surface area contributed by atoms with E-state index in [1.165, 1.54) is 0 Å². The van der Waals surface area contributed by atoms with Crippen molar-refractivity contribution in [1.82, 2.24) is 15.6 Å². The smallest absolute Gasteiger partial charge is 0.328 e. The zero-order valence-corrected chi connectivity index (χ0v) is 9.67. The van der Waals surface area contributed by atoms with Crippen LogP contribution in [-0.4, -0.2) is 46.4 Å². The second-order valence-corrected chi connectivity index (χ2v) is 3.58. The van der Waals surface area contributed by atoms with Crippen molar-refractivity contribution in [1.29, 1.82) is 0 Å². The molecule has 1 aromatic heterocycles. The van der Waals surface area contributed by atoms with Gasteiger partial charge in [0, 0.05) is 18.9 Å². The number of pyridine rings is 1. The maximum Gasteiger partial charge on any atom is 0.328 e. The van der Waals surface area contributed by atoms with Crippen molar-refractivity contribution in [3.05, 3.63) is 30.1 Å². The third kappa shape index (κ3) is 4.79. The zero-order chi connectivity index (χ0) is 13.4. The molecule has 98 valence electrons. The molecule has 1 aromatic rings. The number of aliphatic hydroxyl groups excluding tert-OH is 1. The Hall–Kier alpha value is -2.15. The Morgan fingerprint density at radius 2 is 2.00 bits per heavy atom. The Balaban J connectivity index is 2.27. The van der Waals surface area contributed by atoms with Gasteiger partial charge in [0.2, 0.25) is 0 Å². The molecule has 1 unspecified atom stereocenters. The van der Waals surface area contributed by atoms with E-state index < -0.39 is 24.6 Å². The molecule has 0 fully saturated rings. The number of carboxylic acid groups (broad SMARTS) is 1. The molecule has 0 radical (unpaired) electrons. The van der Waals surface area contributed by atoms with Crippen LogP contribution in [0, 0.1) is 0 Å². The van der Waals surface area contributed by atoms with Crippen LogP contribution >= 0.6 is 0 Å². The molecule has 0 saturated carbocycles. The van der Waals surface area contributed by atoms with Gasteiger partial charge in [0.05, 0.1) is 6.61 Å². The number of aromatic nitrogens is 1. The van der Waals surface area contributed by atoms with Crippen LogP contribution in [0.25, 0.3) is 0 Å². The number of hydrogen-bond acceptors (Lipinski definition) is 4. The van der Waals surface area contributed by atoms with Gasteiger partial charge >= 0.3 is 12.0 Å². The minimum Gasteiger partial charge on any atom is -0.480 e. The van der Waals surface area contributed by atoms with E-state index in [0.29, 0.717) is 13.0 Å². The van der Waals surface area contributed by atoms with E-state index in [-0.39, 0.29) is 0 Å². The van der Waals surface area contributed by atoms with Crippen LogP contribution in [-0.2, 0) is 11.2 Å². The summed E-state index contributed by atoms with van der Waals surface area (Å²) in [6, 6.07) is 1.75. The summed E-state index contributed by atoms with van der Waals surface area (Å²) in [7, 11) is 0. The molecule has 7 nitrogen and oxygen atoms in total. The van der Waals surface area contributed by atoms with Crippen LogP contribution in [0.15, 0.2) is 24.5 Å². The van der Waals surface area contributed by atoms with E-state index >= 15 is 0 Å². The Labute approximate surface area is 104 Å². The van der Waals surface area contributed by atoms with E-state index in [0.717, 1.165) is 5.56 Å². The average Bonchev–Trinajstić information content (AvgIpc) is 2.37. The summed E-state index contributed by atoms with van der Waals surface area (Å²) >= 11 is 0. The molecule has 4 N–H and O–H groups in total.